The van der Waals surface area contributed by atoms with Gasteiger partial charge in [-0.15, -0.1) is 0 Å². The van der Waals surface area contributed by atoms with Gasteiger partial charge in [0.15, 0.2) is 0 Å². The van der Waals surface area contributed by atoms with Gasteiger partial charge in [0.05, 0.1) is 7.11 Å². The van der Waals surface area contributed by atoms with Gasteiger partial charge in [0.2, 0.25) is 0 Å². The van der Waals surface area contributed by atoms with Gasteiger partial charge in [-0.3, -0.25) is 14.5 Å². The molecule has 0 radical (unpaired) electrons. The van der Waals surface area contributed by atoms with E-state index < -0.39 is 0 Å². The molecule has 0 atom stereocenters. The molecule has 29 heavy (non-hydrogen) atoms. The Morgan fingerprint density at radius 1 is 0.828 bits per heavy atom. The van der Waals surface area contributed by atoms with Crippen molar-refractivity contribution in [1.29, 1.82) is 0 Å². The maximum atomic E-state index is 12.8. The van der Waals surface area contributed by atoms with Crippen LogP contribution in [0.15, 0.2) is 60.7 Å². The number of hydrogen-bond acceptors (Lipinski definition) is 5. The molecule has 0 fully saturated rings. The Morgan fingerprint density at radius 3 is 2.10 bits per heavy atom. The first-order valence-corrected chi connectivity index (χ1v) is 9.65. The molecule has 3 aromatic rings. The molecule has 0 saturated heterocycles. The number of nitrogens with one attached hydrogen (secondary N) is 2. The van der Waals surface area contributed by atoms with Crippen LogP contribution in [0.2, 0.25) is 0 Å². The Morgan fingerprint density at radius 2 is 1.48 bits per heavy atom. The molecule has 2 amide bonds. The van der Waals surface area contributed by atoms with Crippen LogP contribution in [-0.2, 0) is 0 Å². The molecule has 0 bridgehead atoms. The highest BCUT2D eigenvalue weighted by molar-refractivity contribution is 6.25. The lowest BCUT2D eigenvalue weighted by molar-refractivity contribution is 0.0612. The minimum Gasteiger partial charge on any atom is -0.497 e. The number of nitrogens with zero attached hydrogens (tertiary/aromatic N) is 1. The summed E-state index contributed by atoms with van der Waals surface area (Å²) < 4.78 is 5.14. The van der Waals surface area contributed by atoms with Crippen LogP contribution in [0.25, 0.3) is 10.8 Å². The van der Waals surface area contributed by atoms with Crippen molar-refractivity contribution in [3.05, 3.63) is 71.8 Å². The van der Waals surface area contributed by atoms with Crippen LogP contribution in [0, 0.1) is 0 Å². The zero-order chi connectivity index (χ0) is 20.2. The van der Waals surface area contributed by atoms with Gasteiger partial charge in [-0.25, -0.2) is 0 Å². The zero-order valence-corrected chi connectivity index (χ0v) is 16.3. The smallest absolute Gasteiger partial charge is 0.261 e. The van der Waals surface area contributed by atoms with E-state index in [0.29, 0.717) is 30.8 Å². The number of carbonyl (C=O) groups excluding carboxylic acids is 2. The van der Waals surface area contributed by atoms with E-state index in [-0.39, 0.29) is 11.8 Å². The lowest BCUT2D eigenvalue weighted by atomic mass is 9.94. The van der Waals surface area contributed by atoms with E-state index >= 15 is 0 Å². The van der Waals surface area contributed by atoms with Gasteiger partial charge < -0.3 is 15.4 Å². The molecule has 2 N–H and O–H groups in total. The summed E-state index contributed by atoms with van der Waals surface area (Å²) in [5, 5.41) is 8.28. The highest BCUT2D eigenvalue weighted by Gasteiger charge is 2.31. The summed E-state index contributed by atoms with van der Waals surface area (Å²) in [6.07, 6.45) is 0. The predicted molar refractivity (Wildman–Crippen MR) is 114 cm³/mol. The number of carbonyl (C=O) groups is 2. The SMILES string of the molecule is COc1ccc(NCCNCCN2C(=O)c3cccc4cccc(c34)C2=O)cc1. The van der Waals surface area contributed by atoms with Crippen LogP contribution in [0.3, 0.4) is 0 Å². The summed E-state index contributed by atoms with van der Waals surface area (Å²) >= 11 is 0. The number of benzene rings is 3. The second kappa shape index (κ2) is 8.32. The van der Waals surface area contributed by atoms with Gasteiger partial charge in [-0.1, -0.05) is 24.3 Å². The quantitative estimate of drug-likeness (QED) is 0.458. The molecule has 148 valence electrons. The molecule has 1 heterocycles. The second-order valence-corrected chi connectivity index (χ2v) is 6.88. The minimum absolute atomic E-state index is 0.225. The van der Waals surface area contributed by atoms with Crippen molar-refractivity contribution in [3.8, 4) is 5.75 Å². The second-order valence-electron chi connectivity index (χ2n) is 6.88. The summed E-state index contributed by atoms with van der Waals surface area (Å²) in [7, 11) is 1.64. The minimum atomic E-state index is -0.225. The van der Waals surface area contributed by atoms with Crippen LogP contribution >= 0.6 is 0 Å². The van der Waals surface area contributed by atoms with E-state index in [0.717, 1.165) is 28.8 Å². The number of hydrogen-bond donors (Lipinski definition) is 2. The Labute approximate surface area is 169 Å². The third kappa shape index (κ3) is 3.79. The molecule has 1 aliphatic heterocycles. The first kappa shape index (κ1) is 19.0. The van der Waals surface area contributed by atoms with Crippen LogP contribution in [-0.4, -0.2) is 50.0 Å². The van der Waals surface area contributed by atoms with E-state index in [9.17, 15) is 9.59 Å². The average molecular weight is 389 g/mol. The Kier molecular flexibility index (Phi) is 5.44. The van der Waals surface area contributed by atoms with Crippen molar-refractivity contribution in [2.45, 2.75) is 0 Å². The summed E-state index contributed by atoms with van der Waals surface area (Å²) in [6, 6.07) is 18.9. The monoisotopic (exact) mass is 389 g/mol. The third-order valence-electron chi connectivity index (χ3n) is 5.09. The molecule has 4 rings (SSSR count). The van der Waals surface area contributed by atoms with Crippen molar-refractivity contribution in [1.82, 2.24) is 10.2 Å². The van der Waals surface area contributed by atoms with Crippen LogP contribution in [0.5, 0.6) is 5.75 Å². The predicted octanol–water partition coefficient (Wildman–Crippen LogP) is 3.15. The van der Waals surface area contributed by atoms with E-state index in [4.69, 9.17) is 4.74 Å². The highest BCUT2D eigenvalue weighted by atomic mass is 16.5. The van der Waals surface area contributed by atoms with Crippen LogP contribution in [0.1, 0.15) is 20.7 Å². The Bertz CT molecular complexity index is 996. The van der Waals surface area contributed by atoms with Crippen LogP contribution in [0.4, 0.5) is 5.69 Å². The molecule has 0 aromatic heterocycles. The molecular weight excluding hydrogens is 366 g/mol. The molecular formula is C23H23N3O3. The van der Waals surface area contributed by atoms with Gasteiger partial charge in [-0.2, -0.15) is 0 Å². The van der Waals surface area contributed by atoms with Gasteiger partial charge in [0.1, 0.15) is 5.75 Å². The number of rotatable bonds is 8. The average Bonchev–Trinajstić information content (AvgIpc) is 2.76. The number of imide groups is 1. The van der Waals surface area contributed by atoms with E-state index in [2.05, 4.69) is 10.6 Å². The molecule has 0 spiro atoms. The van der Waals surface area contributed by atoms with Crippen LogP contribution < -0.4 is 15.4 Å². The highest BCUT2D eigenvalue weighted by Crippen LogP contribution is 2.29. The zero-order valence-electron chi connectivity index (χ0n) is 16.3. The van der Waals surface area contributed by atoms with Crippen molar-refractivity contribution >= 4 is 28.3 Å². The summed E-state index contributed by atoms with van der Waals surface area (Å²) in [6.45, 7) is 2.33. The maximum absolute atomic E-state index is 12.8. The number of amides is 2. The summed E-state index contributed by atoms with van der Waals surface area (Å²) in [5.41, 5.74) is 2.21. The maximum Gasteiger partial charge on any atom is 0.261 e. The molecule has 3 aromatic carbocycles. The van der Waals surface area contributed by atoms with E-state index in [1.54, 1.807) is 19.2 Å². The van der Waals surface area contributed by atoms with Crippen molar-refractivity contribution in [3.63, 3.8) is 0 Å². The standard InChI is InChI=1S/C23H23N3O3/c1-29-18-10-8-17(9-11-18)25-13-12-24-14-15-26-22(27)19-6-2-4-16-5-3-7-20(21(16)19)23(26)28/h2-11,24-25H,12-15H2,1H3. The Balaban J connectivity index is 1.30. The fraction of sp³-hybridized carbons (Fsp3) is 0.217. The lowest BCUT2D eigenvalue weighted by Gasteiger charge is -2.27. The first-order valence-electron chi connectivity index (χ1n) is 9.65. The van der Waals surface area contributed by atoms with Gasteiger partial charge in [-0.05, 0) is 41.8 Å². The molecule has 1 aliphatic rings. The van der Waals surface area contributed by atoms with Gasteiger partial charge in [0.25, 0.3) is 11.8 Å². The van der Waals surface area contributed by atoms with E-state index in [1.807, 2.05) is 48.5 Å². The normalized spacial score (nSPS) is 13.1. The first-order chi connectivity index (χ1) is 14.2. The largest absolute Gasteiger partial charge is 0.497 e. The molecule has 0 unspecified atom stereocenters. The van der Waals surface area contributed by atoms with Crippen molar-refractivity contribution in [2.24, 2.45) is 0 Å². The topological polar surface area (TPSA) is 70.7 Å². The fourth-order valence-corrected chi connectivity index (χ4v) is 3.60. The summed E-state index contributed by atoms with van der Waals surface area (Å²) in [4.78, 5) is 27.0. The molecule has 6 nitrogen and oxygen atoms in total. The number of ether oxygens (including phenoxy) is 1. The van der Waals surface area contributed by atoms with Crippen molar-refractivity contribution < 1.29 is 14.3 Å². The van der Waals surface area contributed by atoms with Gasteiger partial charge in [0, 0.05) is 48.4 Å². The number of anilines is 1. The lowest BCUT2D eigenvalue weighted by Crippen LogP contribution is -2.44. The molecule has 0 aliphatic carbocycles. The Hall–Kier alpha value is -3.38. The fourth-order valence-electron chi connectivity index (χ4n) is 3.60. The molecule has 0 saturated carbocycles. The van der Waals surface area contributed by atoms with Crippen molar-refractivity contribution in [2.75, 3.05) is 38.6 Å². The number of methoxy groups -OCH3 is 1. The van der Waals surface area contributed by atoms with Gasteiger partial charge >= 0.3 is 0 Å². The summed E-state index contributed by atoms with van der Waals surface area (Å²) in [5.74, 6) is 0.372. The third-order valence-corrected chi connectivity index (χ3v) is 5.09. The molecule has 6 heteroatoms. The van der Waals surface area contributed by atoms with E-state index in [1.165, 1.54) is 4.90 Å².